The number of hydrogen-bond acceptors (Lipinski definition) is 7. The molecule has 12 heteroatoms. The lowest BCUT2D eigenvalue weighted by Gasteiger charge is -2.57. The number of imide groups is 1. The van der Waals surface area contributed by atoms with Gasteiger partial charge in [0.05, 0.1) is 10.6 Å². The summed E-state index contributed by atoms with van der Waals surface area (Å²) >= 11 is 0.822. The van der Waals surface area contributed by atoms with Crippen LogP contribution in [0.2, 0.25) is 0 Å². The Labute approximate surface area is 230 Å². The van der Waals surface area contributed by atoms with E-state index < -0.39 is 29.2 Å². The molecule has 8 rings (SSSR count). The topological polar surface area (TPSA) is 114 Å². The Kier molecular flexibility index (Phi) is 5.64. The lowest BCUT2D eigenvalue weighted by atomic mass is 9.48. The van der Waals surface area contributed by atoms with Crippen LogP contribution in [0.4, 0.5) is 24.0 Å². The van der Waals surface area contributed by atoms with E-state index in [1.165, 1.54) is 19.3 Å². The lowest BCUT2D eigenvalue weighted by molar-refractivity contribution is -0.167. The fourth-order valence-electron chi connectivity index (χ4n) is 7.47. The third-order valence-electron chi connectivity index (χ3n) is 8.60. The zero-order valence-corrected chi connectivity index (χ0v) is 21.8. The first-order chi connectivity index (χ1) is 19.0. The maximum absolute atomic E-state index is 12.9. The number of hydrogen-bond donors (Lipinski definition) is 2. The standard InChI is InChI=1S/C28H23F3N4O4S/c29-28(30,31)24(37)35-25-33-20-8-17(19-2-1-13(12-32-19)6-21-23(36)34-26(38)40-21)7-18(22(20)39-25)27-9-14-3-15(10-27)5-16(4-14)11-27/h1-2,6-8,12,14-16H,3-5,9-11H2,(H,33,35,37)(H,34,36,38)/b21-6-. The van der Waals surface area contributed by atoms with E-state index in [0.717, 1.165) is 42.2 Å². The fraction of sp³-hybridized carbons (Fsp3) is 0.393. The highest BCUT2D eigenvalue weighted by Gasteiger charge is 2.52. The Hall–Kier alpha value is -3.67. The molecule has 0 atom stereocenters. The molecule has 1 saturated heterocycles. The Morgan fingerprint density at radius 2 is 1.80 bits per heavy atom. The van der Waals surface area contributed by atoms with E-state index in [1.54, 1.807) is 35.8 Å². The number of oxazole rings is 1. The summed E-state index contributed by atoms with van der Waals surface area (Å²) in [6, 6.07) is 6.78. The number of anilines is 1. The van der Waals surface area contributed by atoms with E-state index in [-0.39, 0.29) is 10.3 Å². The molecule has 1 aromatic carbocycles. The van der Waals surface area contributed by atoms with Crippen LogP contribution >= 0.6 is 11.8 Å². The molecule has 4 saturated carbocycles. The first-order valence-corrected chi connectivity index (χ1v) is 13.9. The highest BCUT2D eigenvalue weighted by Crippen LogP contribution is 2.61. The van der Waals surface area contributed by atoms with Gasteiger partial charge in [0, 0.05) is 17.3 Å². The maximum atomic E-state index is 12.9. The normalized spacial score (nSPS) is 28.5. The van der Waals surface area contributed by atoms with E-state index in [4.69, 9.17) is 4.42 Å². The van der Waals surface area contributed by atoms with Crippen LogP contribution in [0.3, 0.4) is 0 Å². The minimum Gasteiger partial charge on any atom is -0.423 e. The van der Waals surface area contributed by atoms with Gasteiger partial charge in [-0.2, -0.15) is 18.2 Å². The third-order valence-corrected chi connectivity index (χ3v) is 9.41. The fourth-order valence-corrected chi connectivity index (χ4v) is 8.15. The molecule has 3 heterocycles. The number of nitrogens with one attached hydrogen (secondary N) is 2. The predicted molar refractivity (Wildman–Crippen MR) is 141 cm³/mol. The van der Waals surface area contributed by atoms with Crippen LogP contribution in [-0.4, -0.2) is 33.2 Å². The molecule has 5 fully saturated rings. The molecule has 4 aliphatic carbocycles. The van der Waals surface area contributed by atoms with Gasteiger partial charge in [-0.3, -0.25) is 30.0 Å². The third kappa shape index (κ3) is 4.38. The van der Waals surface area contributed by atoms with Crippen molar-refractivity contribution in [2.24, 2.45) is 17.8 Å². The number of pyridine rings is 1. The summed E-state index contributed by atoms with van der Waals surface area (Å²) in [5.41, 5.74) is 3.46. The summed E-state index contributed by atoms with van der Waals surface area (Å²) in [6.07, 6.45) is 4.71. The van der Waals surface area contributed by atoms with Crippen LogP contribution in [-0.2, 0) is 15.0 Å². The van der Waals surface area contributed by atoms with E-state index >= 15 is 0 Å². The van der Waals surface area contributed by atoms with Crippen molar-refractivity contribution >= 4 is 52.0 Å². The average molecular weight is 569 g/mol. The molecule has 2 aromatic heterocycles. The van der Waals surface area contributed by atoms with Crippen LogP contribution in [0.5, 0.6) is 0 Å². The van der Waals surface area contributed by atoms with Gasteiger partial charge in [-0.25, -0.2) is 0 Å². The number of halogens is 3. The highest BCUT2D eigenvalue weighted by atomic mass is 32.2. The molecule has 5 aliphatic rings. The van der Waals surface area contributed by atoms with Gasteiger partial charge >= 0.3 is 18.1 Å². The van der Waals surface area contributed by atoms with Crippen LogP contribution in [0, 0.1) is 17.8 Å². The highest BCUT2D eigenvalue weighted by molar-refractivity contribution is 8.18. The monoisotopic (exact) mass is 568 g/mol. The molecule has 0 spiro atoms. The van der Waals surface area contributed by atoms with E-state index in [1.807, 2.05) is 6.07 Å². The van der Waals surface area contributed by atoms with Crippen molar-refractivity contribution in [2.45, 2.75) is 50.1 Å². The summed E-state index contributed by atoms with van der Waals surface area (Å²) in [7, 11) is 0. The predicted octanol–water partition coefficient (Wildman–Crippen LogP) is 6.18. The number of aromatic nitrogens is 2. The van der Waals surface area contributed by atoms with Crippen molar-refractivity contribution < 1.29 is 32.0 Å². The second-order valence-electron chi connectivity index (χ2n) is 11.4. The molecule has 3 amide bonds. The molecule has 3 aromatic rings. The lowest BCUT2D eigenvalue weighted by Crippen LogP contribution is -2.48. The summed E-state index contributed by atoms with van der Waals surface area (Å²) in [5.74, 6) is -0.761. The van der Waals surface area contributed by atoms with Gasteiger partial charge in [-0.05, 0) is 103 Å². The second kappa shape index (κ2) is 8.92. The molecule has 0 unspecified atom stereocenters. The second-order valence-corrected chi connectivity index (χ2v) is 12.4. The maximum Gasteiger partial charge on any atom is 0.471 e. The summed E-state index contributed by atoms with van der Waals surface area (Å²) in [5, 5.41) is 3.55. The van der Waals surface area contributed by atoms with Gasteiger partial charge in [-0.1, -0.05) is 6.07 Å². The number of carbonyl (C=O) groups is 3. The zero-order valence-electron chi connectivity index (χ0n) is 21.0. The first kappa shape index (κ1) is 25.3. The summed E-state index contributed by atoms with van der Waals surface area (Å²) in [4.78, 5) is 44.0. The van der Waals surface area contributed by atoms with Gasteiger partial charge in [0.2, 0.25) is 0 Å². The van der Waals surface area contributed by atoms with Gasteiger partial charge < -0.3 is 4.42 Å². The number of amides is 3. The molecule has 4 bridgehead atoms. The molecule has 0 radical (unpaired) electrons. The van der Waals surface area contributed by atoms with Gasteiger partial charge in [-0.15, -0.1) is 0 Å². The minimum atomic E-state index is -5.07. The van der Waals surface area contributed by atoms with Crippen LogP contribution in [0.25, 0.3) is 28.4 Å². The number of alkyl halides is 3. The number of carbonyl (C=O) groups excluding carboxylic acids is 3. The number of fused-ring (bicyclic) bond motifs is 1. The van der Waals surface area contributed by atoms with Crippen molar-refractivity contribution in [2.75, 3.05) is 5.32 Å². The molecule has 2 N–H and O–H groups in total. The Bertz CT molecular complexity index is 1580. The number of rotatable bonds is 4. The molecule has 206 valence electrons. The minimum absolute atomic E-state index is 0.169. The van der Waals surface area contributed by atoms with Gasteiger partial charge in [0.15, 0.2) is 5.58 Å². The molecular weight excluding hydrogens is 545 g/mol. The molecule has 8 nitrogen and oxygen atoms in total. The number of benzene rings is 1. The van der Waals surface area contributed by atoms with Crippen molar-refractivity contribution in [1.82, 2.24) is 15.3 Å². The summed E-state index contributed by atoms with van der Waals surface area (Å²) in [6.45, 7) is 0. The van der Waals surface area contributed by atoms with Crippen LogP contribution in [0.1, 0.15) is 49.7 Å². The number of nitrogens with zero attached hydrogens (tertiary/aromatic N) is 2. The average Bonchev–Trinajstić information content (AvgIpc) is 3.43. The van der Waals surface area contributed by atoms with Crippen molar-refractivity contribution in [1.29, 1.82) is 0 Å². The summed E-state index contributed by atoms with van der Waals surface area (Å²) < 4.78 is 44.6. The quantitative estimate of drug-likeness (QED) is 0.361. The zero-order chi connectivity index (χ0) is 27.8. The largest absolute Gasteiger partial charge is 0.471 e. The van der Waals surface area contributed by atoms with E-state index in [0.29, 0.717) is 40.1 Å². The van der Waals surface area contributed by atoms with Gasteiger partial charge in [0.1, 0.15) is 5.52 Å². The first-order valence-electron chi connectivity index (χ1n) is 13.1. The van der Waals surface area contributed by atoms with Gasteiger partial charge in [0.25, 0.3) is 11.1 Å². The Morgan fingerprint density at radius 1 is 1.10 bits per heavy atom. The van der Waals surface area contributed by atoms with Crippen molar-refractivity contribution in [3.63, 3.8) is 0 Å². The van der Waals surface area contributed by atoms with E-state index in [2.05, 4.69) is 15.3 Å². The Balaban J connectivity index is 1.30. The molecular formula is C28H23F3N4O4S. The molecule has 1 aliphatic heterocycles. The van der Waals surface area contributed by atoms with Crippen molar-refractivity contribution in [3.05, 3.63) is 46.5 Å². The van der Waals surface area contributed by atoms with E-state index in [9.17, 15) is 27.6 Å². The Morgan fingerprint density at radius 3 is 2.38 bits per heavy atom. The van der Waals surface area contributed by atoms with Crippen LogP contribution in [0.15, 0.2) is 39.8 Å². The molecule has 40 heavy (non-hydrogen) atoms. The number of thioether (sulfide) groups is 1. The smallest absolute Gasteiger partial charge is 0.423 e. The van der Waals surface area contributed by atoms with Crippen molar-refractivity contribution in [3.8, 4) is 11.3 Å². The van der Waals surface area contributed by atoms with Crippen LogP contribution < -0.4 is 10.6 Å². The SMILES string of the molecule is O=C1NC(=O)/C(=C/c2ccc(-c3cc(C45CC6CC(CC(C6)C4)C5)c4oc(NC(=O)C(F)(F)F)nc4c3)nc2)S1.